The lowest BCUT2D eigenvalue weighted by Gasteiger charge is -2.11. The van der Waals surface area contributed by atoms with E-state index in [1.54, 1.807) is 13.2 Å². The van der Waals surface area contributed by atoms with Gasteiger partial charge in [-0.05, 0) is 31.0 Å². The Hall–Kier alpha value is -1.22. The zero-order valence-electron chi connectivity index (χ0n) is 9.92. The molecule has 2 nitrogen and oxygen atoms in total. The summed E-state index contributed by atoms with van der Waals surface area (Å²) < 4.78 is 18.0. The minimum absolute atomic E-state index is 0.0194. The number of carbonyl (C=O) groups is 1. The number of Topliss-reactive ketones (excluding diaryl/α,β-unsaturated/α-hetero) is 1. The fourth-order valence-corrected chi connectivity index (χ4v) is 1.55. The van der Waals surface area contributed by atoms with Crippen molar-refractivity contribution < 1.29 is 13.9 Å². The Kier molecular flexibility index (Phi) is 4.62. The van der Waals surface area contributed by atoms with E-state index < -0.39 is 0 Å². The van der Waals surface area contributed by atoms with Crippen LogP contribution in [0.2, 0.25) is 0 Å². The number of rotatable bonds is 5. The van der Waals surface area contributed by atoms with E-state index in [1.807, 2.05) is 13.8 Å². The maximum Gasteiger partial charge on any atom is 0.166 e. The van der Waals surface area contributed by atoms with Crippen LogP contribution in [0.1, 0.15) is 29.3 Å². The fourth-order valence-electron chi connectivity index (χ4n) is 1.55. The summed E-state index contributed by atoms with van der Waals surface area (Å²) in [5.41, 5.74) is 1.29. The zero-order valence-corrected chi connectivity index (χ0v) is 9.92. The lowest BCUT2D eigenvalue weighted by Crippen LogP contribution is -2.14. The average molecular weight is 224 g/mol. The number of aryl methyl sites for hydroxylation is 1. The van der Waals surface area contributed by atoms with Crippen molar-refractivity contribution in [3.63, 3.8) is 0 Å². The Labute approximate surface area is 95.4 Å². The van der Waals surface area contributed by atoms with E-state index in [0.717, 1.165) is 5.56 Å². The standard InChI is InChI=1S/C13H17FO2/c1-9-4-5-11(14)8-12(9)13(15)10(2)6-7-16-3/h4-5,8,10H,6-7H2,1-3H3. The summed E-state index contributed by atoms with van der Waals surface area (Å²) >= 11 is 0. The van der Waals surface area contributed by atoms with E-state index in [0.29, 0.717) is 18.6 Å². The number of hydrogen-bond acceptors (Lipinski definition) is 2. The normalized spacial score (nSPS) is 12.5. The highest BCUT2D eigenvalue weighted by Gasteiger charge is 2.17. The third-order valence-corrected chi connectivity index (χ3v) is 2.67. The van der Waals surface area contributed by atoms with E-state index in [2.05, 4.69) is 0 Å². The van der Waals surface area contributed by atoms with E-state index in [1.165, 1.54) is 12.1 Å². The van der Waals surface area contributed by atoms with Gasteiger partial charge >= 0.3 is 0 Å². The summed E-state index contributed by atoms with van der Waals surface area (Å²) in [4.78, 5) is 12.0. The van der Waals surface area contributed by atoms with Gasteiger partial charge in [-0.25, -0.2) is 4.39 Å². The number of ether oxygens (including phenoxy) is 1. The highest BCUT2D eigenvalue weighted by atomic mass is 19.1. The molecule has 1 atom stereocenters. The monoisotopic (exact) mass is 224 g/mol. The largest absolute Gasteiger partial charge is 0.385 e. The number of methoxy groups -OCH3 is 1. The Balaban J connectivity index is 2.83. The summed E-state index contributed by atoms with van der Waals surface area (Å²) in [6, 6.07) is 4.30. The third kappa shape index (κ3) is 3.14. The first-order valence-corrected chi connectivity index (χ1v) is 5.35. The van der Waals surface area contributed by atoms with Gasteiger partial charge in [-0.2, -0.15) is 0 Å². The number of halogens is 1. The van der Waals surface area contributed by atoms with Gasteiger partial charge in [0.2, 0.25) is 0 Å². The van der Waals surface area contributed by atoms with Gasteiger partial charge in [0.1, 0.15) is 5.82 Å². The summed E-state index contributed by atoms with van der Waals surface area (Å²) in [6.45, 7) is 4.20. The maximum atomic E-state index is 13.0. The third-order valence-electron chi connectivity index (χ3n) is 2.67. The minimum Gasteiger partial charge on any atom is -0.385 e. The van der Waals surface area contributed by atoms with Crippen LogP contribution in [0.4, 0.5) is 4.39 Å². The Morgan fingerprint density at radius 3 is 2.81 bits per heavy atom. The van der Waals surface area contributed by atoms with Gasteiger partial charge in [0, 0.05) is 25.2 Å². The van der Waals surface area contributed by atoms with Crippen molar-refractivity contribution >= 4 is 5.78 Å². The second-order valence-corrected chi connectivity index (χ2v) is 4.01. The number of benzene rings is 1. The first-order valence-electron chi connectivity index (χ1n) is 5.35. The van der Waals surface area contributed by atoms with Crippen molar-refractivity contribution in [1.29, 1.82) is 0 Å². The molecule has 0 saturated heterocycles. The van der Waals surface area contributed by atoms with E-state index in [9.17, 15) is 9.18 Å². The molecule has 0 aliphatic rings. The molecule has 0 aliphatic carbocycles. The first-order chi connectivity index (χ1) is 7.56. The van der Waals surface area contributed by atoms with Gasteiger partial charge in [0.05, 0.1) is 0 Å². The molecule has 0 aliphatic heterocycles. The highest BCUT2D eigenvalue weighted by Crippen LogP contribution is 2.17. The second kappa shape index (κ2) is 5.75. The molecule has 0 saturated carbocycles. The van der Waals surface area contributed by atoms with Crippen LogP contribution in [-0.4, -0.2) is 19.5 Å². The van der Waals surface area contributed by atoms with Crippen molar-refractivity contribution in [2.24, 2.45) is 5.92 Å². The molecule has 0 radical (unpaired) electrons. The number of ketones is 1. The molecule has 0 bridgehead atoms. The molecule has 0 fully saturated rings. The van der Waals surface area contributed by atoms with Gasteiger partial charge in [-0.3, -0.25) is 4.79 Å². The molecular formula is C13H17FO2. The van der Waals surface area contributed by atoms with Crippen LogP contribution < -0.4 is 0 Å². The predicted octanol–water partition coefficient (Wildman–Crippen LogP) is 2.99. The second-order valence-electron chi connectivity index (χ2n) is 4.01. The van der Waals surface area contributed by atoms with Crippen molar-refractivity contribution in [2.75, 3.05) is 13.7 Å². The summed E-state index contributed by atoms with van der Waals surface area (Å²) in [5.74, 6) is -0.526. The fraction of sp³-hybridized carbons (Fsp3) is 0.462. The lowest BCUT2D eigenvalue weighted by atomic mass is 9.94. The van der Waals surface area contributed by atoms with Crippen LogP contribution in [0.15, 0.2) is 18.2 Å². The molecule has 1 aromatic rings. The van der Waals surface area contributed by atoms with E-state index in [4.69, 9.17) is 4.74 Å². The summed E-state index contributed by atoms with van der Waals surface area (Å²) in [5, 5.41) is 0. The predicted molar refractivity (Wildman–Crippen MR) is 61.1 cm³/mol. The molecule has 1 unspecified atom stereocenters. The SMILES string of the molecule is COCCC(C)C(=O)c1cc(F)ccc1C. The smallest absolute Gasteiger partial charge is 0.166 e. The van der Waals surface area contributed by atoms with Crippen LogP contribution in [0, 0.1) is 18.7 Å². The molecule has 0 N–H and O–H groups in total. The molecule has 3 heteroatoms. The molecule has 0 spiro atoms. The van der Waals surface area contributed by atoms with Crippen LogP contribution in [0.25, 0.3) is 0 Å². The van der Waals surface area contributed by atoms with Crippen LogP contribution >= 0.6 is 0 Å². The quantitative estimate of drug-likeness (QED) is 0.719. The van der Waals surface area contributed by atoms with Crippen LogP contribution in [0.3, 0.4) is 0 Å². The van der Waals surface area contributed by atoms with Crippen molar-refractivity contribution in [3.05, 3.63) is 35.1 Å². The molecule has 16 heavy (non-hydrogen) atoms. The first kappa shape index (κ1) is 12.8. The number of carbonyl (C=O) groups excluding carboxylic acids is 1. The van der Waals surface area contributed by atoms with E-state index >= 15 is 0 Å². The molecule has 0 heterocycles. The topological polar surface area (TPSA) is 26.3 Å². The van der Waals surface area contributed by atoms with Gasteiger partial charge < -0.3 is 4.74 Å². The highest BCUT2D eigenvalue weighted by molar-refractivity contribution is 5.98. The van der Waals surface area contributed by atoms with Gasteiger partial charge in [0.15, 0.2) is 5.78 Å². The molecule has 0 aromatic heterocycles. The maximum absolute atomic E-state index is 13.0. The zero-order chi connectivity index (χ0) is 12.1. The van der Waals surface area contributed by atoms with Crippen LogP contribution in [-0.2, 0) is 4.74 Å². The lowest BCUT2D eigenvalue weighted by molar-refractivity contribution is 0.0892. The molecular weight excluding hydrogens is 207 g/mol. The van der Waals surface area contributed by atoms with E-state index in [-0.39, 0.29) is 17.5 Å². The Morgan fingerprint density at radius 1 is 1.50 bits per heavy atom. The van der Waals surface area contributed by atoms with Crippen molar-refractivity contribution in [1.82, 2.24) is 0 Å². The summed E-state index contributed by atoms with van der Waals surface area (Å²) in [6.07, 6.45) is 0.658. The Morgan fingerprint density at radius 2 is 2.19 bits per heavy atom. The Bertz CT molecular complexity index is 374. The number of hydrogen-bond donors (Lipinski definition) is 0. The molecule has 1 rings (SSSR count). The van der Waals surface area contributed by atoms with Gasteiger partial charge in [-0.1, -0.05) is 13.0 Å². The minimum atomic E-state index is -0.368. The van der Waals surface area contributed by atoms with Crippen molar-refractivity contribution in [2.45, 2.75) is 20.3 Å². The summed E-state index contributed by atoms with van der Waals surface area (Å²) in [7, 11) is 1.60. The average Bonchev–Trinajstić information content (AvgIpc) is 2.28. The van der Waals surface area contributed by atoms with Gasteiger partial charge in [0.25, 0.3) is 0 Å². The molecule has 1 aromatic carbocycles. The van der Waals surface area contributed by atoms with Crippen molar-refractivity contribution in [3.8, 4) is 0 Å². The van der Waals surface area contributed by atoms with Gasteiger partial charge in [-0.15, -0.1) is 0 Å². The van der Waals surface area contributed by atoms with Crippen LogP contribution in [0.5, 0.6) is 0 Å². The molecule has 0 amide bonds. The molecule has 88 valence electrons.